The first-order valence-corrected chi connectivity index (χ1v) is 8.40. The maximum atomic E-state index is 13.9. The monoisotopic (exact) mass is 342 g/mol. The molecule has 0 spiro atoms. The molecular formula is C18H19FN4O2. The number of aromatic amines is 1. The van der Waals surface area contributed by atoms with Gasteiger partial charge in [-0.25, -0.2) is 4.39 Å². The molecule has 3 aromatic rings. The molecule has 7 heteroatoms. The third-order valence-corrected chi connectivity index (χ3v) is 4.83. The smallest absolute Gasteiger partial charge is 0.249 e. The van der Waals surface area contributed by atoms with Crippen LogP contribution in [0, 0.1) is 19.7 Å². The Balaban J connectivity index is 1.62. The summed E-state index contributed by atoms with van der Waals surface area (Å²) >= 11 is 0. The fraction of sp³-hybridized carbons (Fsp3) is 0.389. The highest BCUT2D eigenvalue weighted by molar-refractivity contribution is 5.90. The number of hydrogen-bond acceptors (Lipinski definition) is 4. The van der Waals surface area contributed by atoms with Gasteiger partial charge in [0.15, 0.2) is 5.82 Å². The summed E-state index contributed by atoms with van der Waals surface area (Å²) in [5.41, 5.74) is 2.11. The molecule has 0 radical (unpaired) electrons. The Morgan fingerprint density at radius 2 is 2.28 bits per heavy atom. The summed E-state index contributed by atoms with van der Waals surface area (Å²) in [5.74, 6) is 0.744. The van der Waals surface area contributed by atoms with E-state index in [2.05, 4.69) is 15.1 Å². The molecule has 1 fully saturated rings. The second kappa shape index (κ2) is 5.98. The highest BCUT2D eigenvalue weighted by atomic mass is 19.1. The van der Waals surface area contributed by atoms with Gasteiger partial charge in [-0.15, -0.1) is 0 Å². The molecule has 0 saturated carbocycles. The van der Waals surface area contributed by atoms with Crippen molar-refractivity contribution < 1.29 is 13.7 Å². The first-order valence-electron chi connectivity index (χ1n) is 8.40. The van der Waals surface area contributed by atoms with E-state index in [9.17, 15) is 9.18 Å². The highest BCUT2D eigenvalue weighted by Gasteiger charge is 2.34. The number of nitrogens with zero attached hydrogens (tertiary/aromatic N) is 3. The van der Waals surface area contributed by atoms with E-state index in [1.165, 1.54) is 6.07 Å². The highest BCUT2D eigenvalue weighted by Crippen LogP contribution is 2.32. The summed E-state index contributed by atoms with van der Waals surface area (Å²) in [7, 11) is 0. The van der Waals surface area contributed by atoms with Crippen LogP contribution in [0.3, 0.4) is 0 Å². The number of H-pyrrole nitrogens is 1. The molecule has 2 aromatic heterocycles. The topological polar surface area (TPSA) is 75.0 Å². The Kier molecular flexibility index (Phi) is 3.78. The number of carbonyl (C=O) groups excluding carboxylic acids is 1. The minimum absolute atomic E-state index is 0.00776. The molecule has 4 rings (SSSR count). The molecule has 0 bridgehead atoms. The van der Waals surface area contributed by atoms with E-state index in [1.54, 1.807) is 17.9 Å². The predicted octanol–water partition coefficient (Wildman–Crippen LogP) is 3.21. The van der Waals surface area contributed by atoms with Crippen molar-refractivity contribution in [3.8, 4) is 0 Å². The number of benzene rings is 1. The van der Waals surface area contributed by atoms with Gasteiger partial charge < -0.3 is 14.4 Å². The van der Waals surface area contributed by atoms with Crippen LogP contribution in [0.1, 0.15) is 41.9 Å². The van der Waals surface area contributed by atoms with Crippen LogP contribution in [0.15, 0.2) is 22.7 Å². The van der Waals surface area contributed by atoms with Gasteiger partial charge in [-0.1, -0.05) is 17.3 Å². The van der Waals surface area contributed by atoms with Gasteiger partial charge in [0, 0.05) is 17.6 Å². The normalized spacial score (nSPS) is 17.6. The molecule has 1 saturated heterocycles. The van der Waals surface area contributed by atoms with Gasteiger partial charge >= 0.3 is 0 Å². The molecule has 1 aliphatic rings. The maximum absolute atomic E-state index is 13.9. The third kappa shape index (κ3) is 2.69. The minimum atomic E-state index is -0.306. The Morgan fingerprint density at radius 3 is 3.04 bits per heavy atom. The molecule has 3 heterocycles. The molecule has 130 valence electrons. The van der Waals surface area contributed by atoms with E-state index in [0.717, 1.165) is 29.5 Å². The number of rotatable bonds is 3. The number of halogens is 1. The van der Waals surface area contributed by atoms with Crippen molar-refractivity contribution in [2.24, 2.45) is 0 Å². The van der Waals surface area contributed by atoms with Gasteiger partial charge in [0.2, 0.25) is 11.8 Å². The van der Waals surface area contributed by atoms with Crippen LogP contribution in [0.2, 0.25) is 0 Å². The van der Waals surface area contributed by atoms with Crippen molar-refractivity contribution in [3.63, 3.8) is 0 Å². The Hall–Kier alpha value is -2.70. The number of likely N-dealkylation sites (tertiary alicyclic amines) is 1. The lowest BCUT2D eigenvalue weighted by Gasteiger charge is -2.22. The maximum Gasteiger partial charge on any atom is 0.249 e. The number of nitrogens with one attached hydrogen (secondary N) is 1. The van der Waals surface area contributed by atoms with Crippen LogP contribution in [-0.2, 0) is 11.2 Å². The van der Waals surface area contributed by atoms with Gasteiger partial charge in [0.25, 0.3) is 0 Å². The summed E-state index contributed by atoms with van der Waals surface area (Å²) in [6.45, 7) is 4.30. The zero-order chi connectivity index (χ0) is 17.6. The van der Waals surface area contributed by atoms with Crippen LogP contribution in [0.4, 0.5) is 4.39 Å². The number of fused-ring (bicyclic) bond motifs is 1. The van der Waals surface area contributed by atoms with Crippen molar-refractivity contribution in [3.05, 3.63) is 47.0 Å². The number of aryl methyl sites for hydroxylation is 2. The van der Waals surface area contributed by atoms with E-state index >= 15 is 0 Å². The first kappa shape index (κ1) is 15.8. The summed E-state index contributed by atoms with van der Waals surface area (Å²) < 4.78 is 19.2. The first-order chi connectivity index (χ1) is 12.0. The van der Waals surface area contributed by atoms with Crippen molar-refractivity contribution in [2.45, 2.75) is 39.2 Å². The number of aromatic nitrogens is 3. The van der Waals surface area contributed by atoms with Crippen molar-refractivity contribution in [1.29, 1.82) is 0 Å². The molecule has 25 heavy (non-hydrogen) atoms. The van der Waals surface area contributed by atoms with Crippen LogP contribution in [0.25, 0.3) is 10.9 Å². The van der Waals surface area contributed by atoms with E-state index in [0.29, 0.717) is 23.8 Å². The minimum Gasteiger partial charge on any atom is -0.356 e. The zero-order valence-electron chi connectivity index (χ0n) is 14.2. The van der Waals surface area contributed by atoms with E-state index in [4.69, 9.17) is 4.52 Å². The third-order valence-electron chi connectivity index (χ3n) is 4.83. The van der Waals surface area contributed by atoms with Gasteiger partial charge in [-0.05, 0) is 38.3 Å². The number of hydrogen-bond donors (Lipinski definition) is 1. The lowest BCUT2D eigenvalue weighted by Crippen LogP contribution is -2.32. The van der Waals surface area contributed by atoms with Gasteiger partial charge in [0.1, 0.15) is 11.9 Å². The average molecular weight is 342 g/mol. The zero-order valence-corrected chi connectivity index (χ0v) is 14.2. The Bertz CT molecular complexity index is 946. The standard InChI is InChI=1S/C18H19FN4O2/c1-10-13(12-5-3-6-14(19)17(12)20-10)9-16(24)23-8-4-7-15(23)18-21-11(2)22-25-18/h3,5-6,15,20H,4,7-9H2,1-2H3/t15-/m0/s1. The second-order valence-corrected chi connectivity index (χ2v) is 6.49. The fourth-order valence-corrected chi connectivity index (χ4v) is 3.62. The van der Waals surface area contributed by atoms with Crippen LogP contribution in [-0.4, -0.2) is 32.5 Å². The lowest BCUT2D eigenvalue weighted by molar-refractivity contribution is -0.131. The predicted molar refractivity (Wildman–Crippen MR) is 89.4 cm³/mol. The van der Waals surface area contributed by atoms with E-state index in [-0.39, 0.29) is 24.2 Å². The Labute approximate surface area is 144 Å². The van der Waals surface area contributed by atoms with Crippen LogP contribution in [0.5, 0.6) is 0 Å². The van der Waals surface area contributed by atoms with Gasteiger partial charge in [-0.3, -0.25) is 4.79 Å². The van der Waals surface area contributed by atoms with E-state index < -0.39 is 0 Å². The molecule has 1 aliphatic heterocycles. The van der Waals surface area contributed by atoms with Crippen molar-refractivity contribution >= 4 is 16.8 Å². The summed E-state index contributed by atoms with van der Waals surface area (Å²) in [4.78, 5) is 22.0. The molecular weight excluding hydrogens is 323 g/mol. The summed E-state index contributed by atoms with van der Waals surface area (Å²) in [6, 6.07) is 4.75. The Morgan fingerprint density at radius 1 is 1.44 bits per heavy atom. The number of amides is 1. The molecule has 1 amide bonds. The average Bonchev–Trinajstić information content (AvgIpc) is 3.28. The van der Waals surface area contributed by atoms with Gasteiger partial charge in [0.05, 0.1) is 11.9 Å². The summed E-state index contributed by atoms with van der Waals surface area (Å²) in [6.07, 6.45) is 1.94. The molecule has 0 unspecified atom stereocenters. The van der Waals surface area contributed by atoms with Crippen LogP contribution < -0.4 is 0 Å². The SMILES string of the molecule is Cc1noc([C@@H]2CCCN2C(=O)Cc2c(C)[nH]c3c(F)cccc23)n1. The second-order valence-electron chi connectivity index (χ2n) is 6.49. The number of carbonyl (C=O) groups is 1. The fourth-order valence-electron chi connectivity index (χ4n) is 3.62. The van der Waals surface area contributed by atoms with Gasteiger partial charge in [-0.2, -0.15) is 4.98 Å². The lowest BCUT2D eigenvalue weighted by atomic mass is 10.1. The van der Waals surface area contributed by atoms with Crippen molar-refractivity contribution in [2.75, 3.05) is 6.54 Å². The molecule has 1 aromatic carbocycles. The quantitative estimate of drug-likeness (QED) is 0.793. The number of para-hydroxylation sites is 1. The van der Waals surface area contributed by atoms with Crippen LogP contribution >= 0.6 is 0 Å². The molecule has 1 N–H and O–H groups in total. The molecule has 6 nitrogen and oxygen atoms in total. The van der Waals surface area contributed by atoms with Crippen molar-refractivity contribution in [1.82, 2.24) is 20.0 Å². The summed E-state index contributed by atoms with van der Waals surface area (Å²) in [5, 5.41) is 4.58. The molecule has 0 aliphatic carbocycles. The molecule has 1 atom stereocenters. The van der Waals surface area contributed by atoms with E-state index in [1.807, 2.05) is 13.0 Å². The largest absolute Gasteiger partial charge is 0.356 e.